The van der Waals surface area contributed by atoms with Crippen molar-refractivity contribution in [2.45, 2.75) is 33.2 Å². The second-order valence-electron chi connectivity index (χ2n) is 5.57. The van der Waals surface area contributed by atoms with Crippen molar-refractivity contribution in [1.29, 1.82) is 0 Å². The molecule has 118 valence electrons. The van der Waals surface area contributed by atoms with Crippen molar-refractivity contribution < 1.29 is 19.1 Å². The molecule has 0 radical (unpaired) electrons. The van der Waals surface area contributed by atoms with Gasteiger partial charge in [-0.15, -0.1) is 0 Å². The van der Waals surface area contributed by atoms with Crippen LogP contribution < -0.4 is 5.32 Å². The summed E-state index contributed by atoms with van der Waals surface area (Å²) < 4.78 is 5.44. The van der Waals surface area contributed by atoms with Crippen LogP contribution in [0.25, 0.3) is 11.5 Å². The molecule has 0 fully saturated rings. The number of H-pyrrole nitrogens is 1. The van der Waals surface area contributed by atoms with E-state index in [2.05, 4.69) is 15.5 Å². The van der Waals surface area contributed by atoms with E-state index in [-0.39, 0.29) is 11.6 Å². The van der Waals surface area contributed by atoms with Crippen LogP contribution in [0, 0.1) is 12.8 Å². The van der Waals surface area contributed by atoms with Crippen LogP contribution in [0.5, 0.6) is 0 Å². The van der Waals surface area contributed by atoms with Crippen LogP contribution in [0.1, 0.15) is 36.5 Å². The number of hydrogen-bond donors (Lipinski definition) is 3. The van der Waals surface area contributed by atoms with Crippen molar-refractivity contribution >= 4 is 11.9 Å². The summed E-state index contributed by atoms with van der Waals surface area (Å²) in [6.45, 7) is 5.61. The van der Waals surface area contributed by atoms with Gasteiger partial charge in [-0.2, -0.15) is 5.10 Å². The monoisotopic (exact) mass is 305 g/mol. The maximum absolute atomic E-state index is 12.1. The summed E-state index contributed by atoms with van der Waals surface area (Å²) >= 11 is 0. The number of nitrogens with zero attached hydrogens (tertiary/aromatic N) is 1. The van der Waals surface area contributed by atoms with Crippen molar-refractivity contribution in [2.75, 3.05) is 0 Å². The zero-order valence-corrected chi connectivity index (χ0v) is 12.7. The topological polar surface area (TPSA) is 108 Å². The molecule has 1 amide bonds. The molecule has 1 atom stereocenters. The van der Waals surface area contributed by atoms with E-state index in [9.17, 15) is 9.59 Å². The van der Waals surface area contributed by atoms with E-state index < -0.39 is 17.9 Å². The number of aryl methyl sites for hydroxylation is 1. The Bertz CT molecular complexity index is 672. The first kappa shape index (κ1) is 15.8. The summed E-state index contributed by atoms with van der Waals surface area (Å²) in [7, 11) is 0. The van der Waals surface area contributed by atoms with Crippen molar-refractivity contribution in [3.63, 3.8) is 0 Å². The lowest BCUT2D eigenvalue weighted by molar-refractivity contribution is -0.139. The lowest BCUT2D eigenvalue weighted by atomic mass is 10.0. The van der Waals surface area contributed by atoms with Gasteiger partial charge in [-0.05, 0) is 31.4 Å². The number of aliphatic carboxylic acids is 1. The first-order chi connectivity index (χ1) is 10.4. The van der Waals surface area contributed by atoms with E-state index in [0.29, 0.717) is 17.9 Å². The fraction of sp³-hybridized carbons (Fsp3) is 0.400. The largest absolute Gasteiger partial charge is 0.480 e. The van der Waals surface area contributed by atoms with E-state index in [1.807, 2.05) is 20.8 Å². The minimum Gasteiger partial charge on any atom is -0.480 e. The van der Waals surface area contributed by atoms with E-state index in [1.54, 1.807) is 12.1 Å². The third-order valence-electron chi connectivity index (χ3n) is 3.13. The van der Waals surface area contributed by atoms with Crippen molar-refractivity contribution in [3.8, 4) is 11.5 Å². The van der Waals surface area contributed by atoms with Gasteiger partial charge in [0.2, 0.25) is 0 Å². The highest BCUT2D eigenvalue weighted by Crippen LogP contribution is 2.20. The number of rotatable bonds is 6. The molecule has 2 rings (SSSR count). The number of carbonyl (C=O) groups excluding carboxylic acids is 1. The molecule has 0 bridgehead atoms. The maximum atomic E-state index is 12.1. The smallest absolute Gasteiger partial charge is 0.326 e. The van der Waals surface area contributed by atoms with Gasteiger partial charge in [0.25, 0.3) is 5.91 Å². The first-order valence-electron chi connectivity index (χ1n) is 7.02. The summed E-state index contributed by atoms with van der Waals surface area (Å²) in [5, 5.41) is 18.2. The molecule has 2 aromatic rings. The van der Waals surface area contributed by atoms with Crippen molar-refractivity contribution in [3.05, 3.63) is 29.7 Å². The average molecular weight is 305 g/mol. The molecule has 3 N–H and O–H groups in total. The van der Waals surface area contributed by atoms with Gasteiger partial charge in [0, 0.05) is 6.07 Å². The minimum atomic E-state index is -1.06. The fourth-order valence-corrected chi connectivity index (χ4v) is 2.07. The predicted octanol–water partition coefficient (Wildman–Crippen LogP) is 2.21. The van der Waals surface area contributed by atoms with Crippen LogP contribution in [0.15, 0.2) is 22.6 Å². The van der Waals surface area contributed by atoms with Gasteiger partial charge in [-0.3, -0.25) is 9.89 Å². The Morgan fingerprint density at radius 2 is 2.14 bits per heavy atom. The summed E-state index contributed by atoms with van der Waals surface area (Å²) in [5.74, 6) is -0.111. The molecule has 0 saturated heterocycles. The number of hydrogen-bond acceptors (Lipinski definition) is 4. The highest BCUT2D eigenvalue weighted by atomic mass is 16.4. The number of carboxylic acid groups (broad SMARTS) is 1. The molecule has 7 nitrogen and oxygen atoms in total. The number of carbonyl (C=O) groups is 2. The fourth-order valence-electron chi connectivity index (χ4n) is 2.07. The van der Waals surface area contributed by atoms with Crippen LogP contribution in [0.3, 0.4) is 0 Å². The lowest BCUT2D eigenvalue weighted by Crippen LogP contribution is -2.41. The Morgan fingerprint density at radius 3 is 2.68 bits per heavy atom. The number of amides is 1. The summed E-state index contributed by atoms with van der Waals surface area (Å²) in [4.78, 5) is 23.3. The van der Waals surface area contributed by atoms with E-state index in [1.165, 1.54) is 6.07 Å². The van der Waals surface area contributed by atoms with Gasteiger partial charge >= 0.3 is 5.97 Å². The van der Waals surface area contributed by atoms with Crippen molar-refractivity contribution in [2.24, 2.45) is 5.92 Å². The first-order valence-corrected chi connectivity index (χ1v) is 7.02. The van der Waals surface area contributed by atoms with Gasteiger partial charge < -0.3 is 14.8 Å². The van der Waals surface area contributed by atoms with Crippen molar-refractivity contribution in [1.82, 2.24) is 15.5 Å². The number of aromatic amines is 1. The van der Waals surface area contributed by atoms with Crippen LogP contribution >= 0.6 is 0 Å². The van der Waals surface area contributed by atoms with Gasteiger partial charge in [-0.25, -0.2) is 4.79 Å². The highest BCUT2D eigenvalue weighted by molar-refractivity contribution is 5.95. The number of nitrogens with one attached hydrogen (secondary N) is 2. The molecule has 0 aliphatic carbocycles. The van der Waals surface area contributed by atoms with Gasteiger partial charge in [0.05, 0.1) is 0 Å². The summed E-state index contributed by atoms with van der Waals surface area (Å²) in [6.07, 6.45) is 0.357. The lowest BCUT2D eigenvalue weighted by Gasteiger charge is -2.15. The molecule has 2 heterocycles. The van der Waals surface area contributed by atoms with Gasteiger partial charge in [0.15, 0.2) is 11.5 Å². The van der Waals surface area contributed by atoms with Gasteiger partial charge in [-0.1, -0.05) is 13.8 Å². The molecule has 0 aliphatic heterocycles. The van der Waals surface area contributed by atoms with Crippen LogP contribution in [-0.2, 0) is 4.79 Å². The molecule has 22 heavy (non-hydrogen) atoms. The molecular weight excluding hydrogens is 286 g/mol. The summed E-state index contributed by atoms with van der Waals surface area (Å²) in [6, 6.07) is 4.17. The standard InChI is InChI=1S/C15H19N3O4/c1-8(2)6-12(15(20)21)16-14(19)11-7-10(17-18-11)13-5-4-9(3)22-13/h4-5,7-8,12H,6H2,1-3H3,(H,16,19)(H,17,18)(H,20,21)/t12-/m1/s1. The molecule has 7 heteroatoms. The van der Waals surface area contributed by atoms with E-state index >= 15 is 0 Å². The molecule has 0 aromatic carbocycles. The Labute approximate surface area is 127 Å². The van der Waals surface area contributed by atoms with E-state index in [0.717, 1.165) is 5.76 Å². The second kappa shape index (κ2) is 6.46. The van der Waals surface area contributed by atoms with Crippen LogP contribution in [-0.4, -0.2) is 33.2 Å². The molecule has 0 aliphatic rings. The molecular formula is C15H19N3O4. The Kier molecular flexibility index (Phi) is 4.65. The Morgan fingerprint density at radius 1 is 1.41 bits per heavy atom. The third kappa shape index (κ3) is 3.75. The number of aromatic nitrogens is 2. The Hall–Kier alpha value is -2.57. The zero-order chi connectivity index (χ0) is 16.3. The number of furan rings is 1. The molecule has 0 unspecified atom stereocenters. The van der Waals surface area contributed by atoms with Crippen LogP contribution in [0.2, 0.25) is 0 Å². The maximum Gasteiger partial charge on any atom is 0.326 e. The average Bonchev–Trinajstić information content (AvgIpc) is 3.05. The quantitative estimate of drug-likeness (QED) is 0.758. The highest BCUT2D eigenvalue weighted by Gasteiger charge is 2.23. The molecule has 2 aromatic heterocycles. The normalized spacial score (nSPS) is 12.4. The second-order valence-corrected chi connectivity index (χ2v) is 5.57. The molecule has 0 spiro atoms. The SMILES string of the molecule is Cc1ccc(-c2cc(C(=O)N[C@H](CC(C)C)C(=O)O)n[nH]2)o1. The predicted molar refractivity (Wildman–Crippen MR) is 79.4 cm³/mol. The number of carboxylic acids is 1. The van der Waals surface area contributed by atoms with Gasteiger partial charge in [0.1, 0.15) is 17.5 Å². The van der Waals surface area contributed by atoms with Crippen LogP contribution in [0.4, 0.5) is 0 Å². The molecule has 0 saturated carbocycles. The zero-order valence-electron chi connectivity index (χ0n) is 12.7. The Balaban J connectivity index is 2.09. The summed E-state index contributed by atoms with van der Waals surface area (Å²) in [5.41, 5.74) is 0.688. The van der Waals surface area contributed by atoms with E-state index in [4.69, 9.17) is 9.52 Å². The third-order valence-corrected chi connectivity index (χ3v) is 3.13. The minimum absolute atomic E-state index is 0.124.